The van der Waals surface area contributed by atoms with Gasteiger partial charge in [-0.25, -0.2) is 0 Å². The third-order valence-electron chi connectivity index (χ3n) is 6.47. The molecule has 5 heteroatoms. The number of rotatable bonds is 6. The maximum atomic E-state index is 12.8. The van der Waals surface area contributed by atoms with Gasteiger partial charge in [-0.15, -0.1) is 0 Å². The van der Waals surface area contributed by atoms with E-state index in [0.29, 0.717) is 24.3 Å². The first kappa shape index (κ1) is 17.4. The minimum atomic E-state index is -0.308. The molecular weight excluding hydrogens is 330 g/mol. The highest BCUT2D eigenvalue weighted by molar-refractivity contribution is 5.83. The van der Waals surface area contributed by atoms with Crippen molar-refractivity contribution in [1.82, 2.24) is 5.32 Å². The number of hydrogen-bond donors (Lipinski definition) is 1. The lowest BCUT2D eigenvalue weighted by atomic mass is 9.49. The summed E-state index contributed by atoms with van der Waals surface area (Å²) < 4.78 is 10.7. The average Bonchev–Trinajstić information content (AvgIpc) is 2.63. The zero-order valence-corrected chi connectivity index (χ0v) is 15.3. The molecule has 0 unspecified atom stereocenters. The van der Waals surface area contributed by atoms with Crippen LogP contribution in [0.2, 0.25) is 0 Å². The number of ether oxygens (including phenoxy) is 2. The molecule has 0 spiro atoms. The molecule has 0 aliphatic heterocycles. The molecule has 1 aromatic carbocycles. The van der Waals surface area contributed by atoms with Crippen LogP contribution in [0.1, 0.15) is 44.1 Å². The fourth-order valence-corrected chi connectivity index (χ4v) is 5.74. The highest BCUT2D eigenvalue weighted by Crippen LogP contribution is 2.60. The predicted molar refractivity (Wildman–Crippen MR) is 96.4 cm³/mol. The van der Waals surface area contributed by atoms with Crippen molar-refractivity contribution >= 4 is 11.9 Å². The molecule has 1 aromatic rings. The Hall–Kier alpha value is -2.04. The fourth-order valence-electron chi connectivity index (χ4n) is 5.74. The summed E-state index contributed by atoms with van der Waals surface area (Å²) in [4.78, 5) is 24.9. The van der Waals surface area contributed by atoms with Crippen LogP contribution in [0.25, 0.3) is 0 Å². The van der Waals surface area contributed by atoms with Crippen molar-refractivity contribution in [3.63, 3.8) is 0 Å². The van der Waals surface area contributed by atoms with E-state index < -0.39 is 0 Å². The Labute approximate surface area is 154 Å². The molecule has 4 aliphatic rings. The fraction of sp³-hybridized carbons (Fsp3) is 0.619. The van der Waals surface area contributed by atoms with E-state index in [4.69, 9.17) is 9.47 Å². The van der Waals surface area contributed by atoms with Gasteiger partial charge in [0.15, 0.2) is 6.61 Å². The van der Waals surface area contributed by atoms with Crippen LogP contribution >= 0.6 is 0 Å². The van der Waals surface area contributed by atoms with Crippen molar-refractivity contribution in [3.8, 4) is 5.75 Å². The Morgan fingerprint density at radius 1 is 1.08 bits per heavy atom. The number of para-hydroxylation sites is 1. The Kier molecular flexibility index (Phi) is 4.63. The number of carbonyl (C=O) groups excluding carboxylic acids is 2. The summed E-state index contributed by atoms with van der Waals surface area (Å²) in [6.07, 6.45) is 6.73. The van der Waals surface area contributed by atoms with Gasteiger partial charge in [0.1, 0.15) is 5.75 Å². The van der Waals surface area contributed by atoms with Gasteiger partial charge >= 0.3 is 5.97 Å². The number of hydrogen-bond acceptors (Lipinski definition) is 4. The van der Waals surface area contributed by atoms with Gasteiger partial charge in [0.2, 0.25) is 0 Å². The highest BCUT2D eigenvalue weighted by Gasteiger charge is 2.55. The number of esters is 1. The van der Waals surface area contributed by atoms with Crippen molar-refractivity contribution in [2.75, 3.05) is 13.7 Å². The van der Waals surface area contributed by atoms with Crippen molar-refractivity contribution in [3.05, 3.63) is 29.8 Å². The maximum absolute atomic E-state index is 12.8. The lowest BCUT2D eigenvalue weighted by molar-refractivity contribution is -0.173. The average molecular weight is 357 g/mol. The van der Waals surface area contributed by atoms with E-state index in [1.807, 2.05) is 24.3 Å². The standard InChI is InChI=1S/C21H27NO4/c1-25-18-5-3-2-4-17(18)12-22-19(23)13-26-20(24)21-9-14-6-15(10-21)8-16(7-14)11-21/h2-5,14-16H,6-13H2,1H3,(H,22,23). The van der Waals surface area contributed by atoms with Crippen LogP contribution in [0, 0.1) is 23.2 Å². The first-order chi connectivity index (χ1) is 12.6. The van der Waals surface area contributed by atoms with Crippen LogP contribution in [-0.2, 0) is 20.9 Å². The summed E-state index contributed by atoms with van der Waals surface area (Å²) in [6.45, 7) is 0.160. The first-order valence-electron chi connectivity index (χ1n) is 9.64. The molecule has 4 aliphatic carbocycles. The lowest BCUT2D eigenvalue weighted by Gasteiger charge is -2.55. The van der Waals surface area contributed by atoms with Crippen LogP contribution in [0.15, 0.2) is 24.3 Å². The Morgan fingerprint density at radius 3 is 2.31 bits per heavy atom. The monoisotopic (exact) mass is 357 g/mol. The third-order valence-corrected chi connectivity index (χ3v) is 6.47. The van der Waals surface area contributed by atoms with Gasteiger partial charge in [-0.3, -0.25) is 9.59 Å². The molecule has 4 saturated carbocycles. The second kappa shape index (κ2) is 6.93. The zero-order chi connectivity index (χ0) is 18.1. The van der Waals surface area contributed by atoms with Crippen LogP contribution in [-0.4, -0.2) is 25.6 Å². The van der Waals surface area contributed by atoms with Crippen molar-refractivity contribution < 1.29 is 19.1 Å². The van der Waals surface area contributed by atoms with Gasteiger partial charge in [-0.1, -0.05) is 18.2 Å². The van der Waals surface area contributed by atoms with Gasteiger partial charge in [-0.05, 0) is 62.3 Å². The van der Waals surface area contributed by atoms with E-state index in [1.165, 1.54) is 19.3 Å². The summed E-state index contributed by atoms with van der Waals surface area (Å²) in [6, 6.07) is 7.55. The van der Waals surface area contributed by atoms with E-state index in [0.717, 1.165) is 30.6 Å². The Bertz CT molecular complexity index is 664. The Morgan fingerprint density at radius 2 is 1.69 bits per heavy atom. The minimum Gasteiger partial charge on any atom is -0.496 e. The summed E-state index contributed by atoms with van der Waals surface area (Å²) >= 11 is 0. The molecule has 0 atom stereocenters. The largest absolute Gasteiger partial charge is 0.496 e. The van der Waals surface area contributed by atoms with E-state index in [-0.39, 0.29) is 23.9 Å². The van der Waals surface area contributed by atoms with Crippen LogP contribution in [0.4, 0.5) is 0 Å². The number of nitrogens with one attached hydrogen (secondary N) is 1. The molecular formula is C21H27NO4. The quantitative estimate of drug-likeness (QED) is 0.795. The van der Waals surface area contributed by atoms with Crippen LogP contribution in [0.3, 0.4) is 0 Å². The maximum Gasteiger partial charge on any atom is 0.312 e. The molecule has 1 N–H and O–H groups in total. The molecule has 140 valence electrons. The first-order valence-corrected chi connectivity index (χ1v) is 9.64. The zero-order valence-electron chi connectivity index (χ0n) is 15.3. The van der Waals surface area contributed by atoms with Crippen molar-refractivity contribution in [2.45, 2.75) is 45.1 Å². The number of carbonyl (C=O) groups is 2. The summed E-state index contributed by atoms with van der Waals surface area (Å²) in [7, 11) is 1.61. The minimum absolute atomic E-state index is 0.149. The normalized spacial score (nSPS) is 31.5. The second-order valence-electron chi connectivity index (χ2n) is 8.36. The summed E-state index contributed by atoms with van der Waals surface area (Å²) in [5.41, 5.74) is 0.591. The molecule has 5 rings (SSSR count). The molecule has 4 fully saturated rings. The van der Waals surface area contributed by atoms with Crippen LogP contribution in [0.5, 0.6) is 5.75 Å². The number of methoxy groups -OCH3 is 1. The number of benzene rings is 1. The van der Waals surface area contributed by atoms with Gasteiger partial charge in [0, 0.05) is 12.1 Å². The summed E-state index contributed by atoms with van der Waals surface area (Å²) in [5.74, 6) is 2.38. The summed E-state index contributed by atoms with van der Waals surface area (Å²) in [5, 5.41) is 2.81. The van der Waals surface area contributed by atoms with Gasteiger partial charge in [0.05, 0.1) is 12.5 Å². The van der Waals surface area contributed by atoms with E-state index >= 15 is 0 Å². The molecule has 0 heterocycles. The highest BCUT2D eigenvalue weighted by atomic mass is 16.5. The van der Waals surface area contributed by atoms with E-state index in [1.54, 1.807) is 7.11 Å². The van der Waals surface area contributed by atoms with Gasteiger partial charge in [0.25, 0.3) is 5.91 Å². The van der Waals surface area contributed by atoms with Crippen LogP contribution < -0.4 is 10.1 Å². The lowest BCUT2D eigenvalue weighted by Crippen LogP contribution is -2.51. The smallest absolute Gasteiger partial charge is 0.312 e. The van der Waals surface area contributed by atoms with E-state index in [2.05, 4.69) is 5.32 Å². The molecule has 4 bridgehead atoms. The predicted octanol–water partition coefficient (Wildman–Crippen LogP) is 3.07. The number of amides is 1. The van der Waals surface area contributed by atoms with Crippen molar-refractivity contribution in [1.29, 1.82) is 0 Å². The van der Waals surface area contributed by atoms with Crippen molar-refractivity contribution in [2.24, 2.45) is 23.2 Å². The molecule has 1 amide bonds. The van der Waals surface area contributed by atoms with E-state index in [9.17, 15) is 9.59 Å². The molecule has 5 nitrogen and oxygen atoms in total. The third kappa shape index (κ3) is 3.31. The molecule has 0 saturated heterocycles. The van der Waals surface area contributed by atoms with Gasteiger partial charge in [-0.2, -0.15) is 0 Å². The SMILES string of the molecule is COc1ccccc1CNC(=O)COC(=O)C12CC3CC(CC(C3)C1)C2. The topological polar surface area (TPSA) is 64.6 Å². The van der Waals surface area contributed by atoms with Gasteiger partial charge < -0.3 is 14.8 Å². The molecule has 0 aromatic heterocycles. The second-order valence-corrected chi connectivity index (χ2v) is 8.36. The molecule has 0 radical (unpaired) electrons. The Balaban J connectivity index is 1.29. The molecule has 26 heavy (non-hydrogen) atoms.